The van der Waals surface area contributed by atoms with E-state index in [1.807, 2.05) is 12.1 Å². The van der Waals surface area contributed by atoms with Crippen LogP contribution in [0.15, 0.2) is 24.3 Å². The Balaban J connectivity index is 1.98. The van der Waals surface area contributed by atoms with Crippen LogP contribution in [0, 0.1) is 5.92 Å². The van der Waals surface area contributed by atoms with Crippen LogP contribution < -0.4 is 0 Å². The summed E-state index contributed by atoms with van der Waals surface area (Å²) in [6.45, 7) is 0. The number of benzene rings is 1. The van der Waals surface area contributed by atoms with Gasteiger partial charge in [-0.3, -0.25) is 0 Å². The van der Waals surface area contributed by atoms with Gasteiger partial charge >= 0.3 is 0 Å². The molecule has 0 radical (unpaired) electrons. The first-order chi connectivity index (χ1) is 7.68. The third kappa shape index (κ3) is 1.52. The highest BCUT2D eigenvalue weighted by Gasteiger charge is 2.46. The molecule has 0 aliphatic heterocycles. The van der Waals surface area contributed by atoms with Crippen LogP contribution in [0.25, 0.3) is 0 Å². The first-order valence-electron chi connectivity index (χ1n) is 6.16. The van der Waals surface area contributed by atoms with Crippen molar-refractivity contribution in [2.75, 3.05) is 0 Å². The lowest BCUT2D eigenvalue weighted by molar-refractivity contribution is 0.0828. The van der Waals surface area contributed by atoms with Crippen molar-refractivity contribution in [1.82, 2.24) is 0 Å². The fourth-order valence-corrected chi connectivity index (χ4v) is 3.76. The number of aromatic hydroxyl groups is 1. The third-order valence-corrected chi connectivity index (χ3v) is 4.40. The molecule has 2 fully saturated rings. The van der Waals surface area contributed by atoms with Gasteiger partial charge in [0.2, 0.25) is 0 Å². The molecule has 1 aromatic rings. The molecule has 16 heavy (non-hydrogen) atoms. The van der Waals surface area contributed by atoms with Gasteiger partial charge in [-0.05, 0) is 61.1 Å². The average Bonchev–Trinajstić information content (AvgIpc) is 2.56. The zero-order valence-corrected chi connectivity index (χ0v) is 9.39. The van der Waals surface area contributed by atoms with E-state index < -0.39 is 0 Å². The molecule has 86 valence electrons. The molecule has 2 nitrogen and oxygen atoms in total. The molecular formula is C14H18O2. The van der Waals surface area contributed by atoms with Crippen molar-refractivity contribution in [2.45, 2.75) is 43.6 Å². The van der Waals surface area contributed by atoms with E-state index in [0.717, 1.165) is 19.3 Å². The van der Waals surface area contributed by atoms with Crippen molar-refractivity contribution in [3.8, 4) is 5.75 Å². The van der Waals surface area contributed by atoms with Gasteiger partial charge < -0.3 is 10.2 Å². The van der Waals surface area contributed by atoms with Crippen molar-refractivity contribution in [2.24, 2.45) is 5.92 Å². The zero-order chi connectivity index (χ0) is 11.2. The smallest absolute Gasteiger partial charge is 0.115 e. The number of fused-ring (bicyclic) bond motifs is 2. The maximum atomic E-state index is 9.92. The second kappa shape index (κ2) is 3.49. The van der Waals surface area contributed by atoms with Crippen LogP contribution in [0.2, 0.25) is 0 Å². The number of phenols is 1. The maximum absolute atomic E-state index is 9.92. The molecule has 0 spiro atoms. The summed E-state index contributed by atoms with van der Waals surface area (Å²) >= 11 is 0. The van der Waals surface area contributed by atoms with Gasteiger partial charge in [-0.1, -0.05) is 12.1 Å². The molecule has 2 saturated carbocycles. The van der Waals surface area contributed by atoms with Crippen LogP contribution in [-0.4, -0.2) is 16.3 Å². The highest BCUT2D eigenvalue weighted by Crippen LogP contribution is 2.53. The second-order valence-electron chi connectivity index (χ2n) is 5.53. The van der Waals surface area contributed by atoms with Gasteiger partial charge in [0.25, 0.3) is 0 Å². The summed E-state index contributed by atoms with van der Waals surface area (Å²) in [5.41, 5.74) is 1.36. The number of hydrogen-bond donors (Lipinski definition) is 2. The number of rotatable bonds is 1. The summed E-state index contributed by atoms with van der Waals surface area (Å²) in [6, 6.07) is 7.60. The monoisotopic (exact) mass is 218 g/mol. The molecule has 0 amide bonds. The Bertz CT molecular complexity index is 401. The largest absolute Gasteiger partial charge is 0.508 e. The lowest BCUT2D eigenvalue weighted by Gasteiger charge is -2.36. The molecule has 2 aliphatic rings. The fraction of sp³-hybridized carbons (Fsp3) is 0.571. The number of aliphatic hydroxyl groups excluding tert-OH is 1. The van der Waals surface area contributed by atoms with Crippen molar-refractivity contribution < 1.29 is 10.2 Å². The van der Waals surface area contributed by atoms with Crippen LogP contribution in [0.1, 0.15) is 37.7 Å². The normalized spacial score (nSPS) is 37.6. The van der Waals surface area contributed by atoms with Gasteiger partial charge in [0.15, 0.2) is 0 Å². The van der Waals surface area contributed by atoms with E-state index in [1.54, 1.807) is 6.07 Å². The Morgan fingerprint density at radius 3 is 2.94 bits per heavy atom. The van der Waals surface area contributed by atoms with E-state index in [0.29, 0.717) is 11.7 Å². The summed E-state index contributed by atoms with van der Waals surface area (Å²) in [6.07, 6.45) is 5.27. The molecule has 2 aliphatic carbocycles. The Hall–Kier alpha value is -1.02. The van der Waals surface area contributed by atoms with E-state index in [9.17, 15) is 10.2 Å². The van der Waals surface area contributed by atoms with Crippen LogP contribution in [0.3, 0.4) is 0 Å². The van der Waals surface area contributed by atoms with Crippen molar-refractivity contribution in [3.63, 3.8) is 0 Å². The maximum Gasteiger partial charge on any atom is 0.115 e. The topological polar surface area (TPSA) is 40.5 Å². The molecule has 2 bridgehead atoms. The van der Waals surface area contributed by atoms with Crippen LogP contribution in [0.4, 0.5) is 0 Å². The van der Waals surface area contributed by atoms with Gasteiger partial charge in [0.1, 0.15) is 5.75 Å². The first kappa shape index (κ1) is 10.2. The minimum Gasteiger partial charge on any atom is -0.508 e. The minimum absolute atomic E-state index is 0.140. The SMILES string of the molecule is Oc1cccc(C23CCC(CC(O)C2)C3)c1. The van der Waals surface area contributed by atoms with Gasteiger partial charge in [-0.15, -0.1) is 0 Å². The first-order valence-corrected chi connectivity index (χ1v) is 6.16. The van der Waals surface area contributed by atoms with E-state index >= 15 is 0 Å². The molecule has 3 atom stereocenters. The van der Waals surface area contributed by atoms with Gasteiger partial charge in [-0.25, -0.2) is 0 Å². The number of hydrogen-bond acceptors (Lipinski definition) is 2. The molecule has 2 N–H and O–H groups in total. The van der Waals surface area contributed by atoms with Gasteiger partial charge in [0.05, 0.1) is 6.10 Å². The molecule has 0 saturated heterocycles. The fourth-order valence-electron chi connectivity index (χ4n) is 3.76. The minimum atomic E-state index is -0.149. The summed E-state index contributed by atoms with van der Waals surface area (Å²) in [5, 5.41) is 19.5. The summed E-state index contributed by atoms with van der Waals surface area (Å²) in [5.74, 6) is 1.03. The molecule has 1 aromatic carbocycles. The quantitative estimate of drug-likeness (QED) is 0.760. The standard InChI is InChI=1S/C14H18O2/c15-12-3-1-2-11(7-12)14-5-4-10(8-14)6-13(16)9-14/h1-3,7,10,13,15-16H,4-6,8-9H2. The lowest BCUT2D eigenvalue weighted by atomic mass is 9.70. The zero-order valence-electron chi connectivity index (χ0n) is 9.39. The Morgan fingerprint density at radius 1 is 1.25 bits per heavy atom. The molecule has 0 heterocycles. The highest BCUT2D eigenvalue weighted by molar-refractivity contribution is 5.34. The number of aliphatic hydroxyl groups is 1. The van der Waals surface area contributed by atoms with E-state index in [4.69, 9.17) is 0 Å². The average molecular weight is 218 g/mol. The molecule has 3 rings (SSSR count). The molecule has 2 heteroatoms. The predicted octanol–water partition coefficient (Wildman–Crippen LogP) is 2.58. The van der Waals surface area contributed by atoms with E-state index in [2.05, 4.69) is 6.07 Å². The van der Waals surface area contributed by atoms with Crippen LogP contribution in [-0.2, 0) is 5.41 Å². The van der Waals surface area contributed by atoms with Crippen molar-refractivity contribution >= 4 is 0 Å². The summed E-state index contributed by atoms with van der Waals surface area (Å²) < 4.78 is 0. The summed E-state index contributed by atoms with van der Waals surface area (Å²) in [4.78, 5) is 0. The third-order valence-electron chi connectivity index (χ3n) is 4.40. The van der Waals surface area contributed by atoms with Gasteiger partial charge in [-0.2, -0.15) is 0 Å². The molecular weight excluding hydrogens is 200 g/mol. The lowest BCUT2D eigenvalue weighted by Crippen LogP contribution is -2.33. The van der Waals surface area contributed by atoms with Crippen LogP contribution in [0.5, 0.6) is 5.75 Å². The van der Waals surface area contributed by atoms with Crippen LogP contribution >= 0.6 is 0 Å². The Kier molecular flexibility index (Phi) is 2.21. The highest BCUT2D eigenvalue weighted by atomic mass is 16.3. The van der Waals surface area contributed by atoms with Gasteiger partial charge in [0, 0.05) is 0 Å². The molecule has 0 aromatic heterocycles. The van der Waals surface area contributed by atoms with Crippen molar-refractivity contribution in [3.05, 3.63) is 29.8 Å². The Labute approximate surface area is 95.9 Å². The second-order valence-corrected chi connectivity index (χ2v) is 5.53. The van der Waals surface area contributed by atoms with E-state index in [1.165, 1.54) is 18.4 Å². The Morgan fingerprint density at radius 2 is 2.12 bits per heavy atom. The molecule has 3 unspecified atom stereocenters. The summed E-state index contributed by atoms with van der Waals surface area (Å²) in [7, 11) is 0. The number of phenolic OH excluding ortho intramolecular Hbond substituents is 1. The predicted molar refractivity (Wildman–Crippen MR) is 62.4 cm³/mol. The van der Waals surface area contributed by atoms with E-state index in [-0.39, 0.29) is 11.5 Å². The van der Waals surface area contributed by atoms with Crippen molar-refractivity contribution in [1.29, 1.82) is 0 Å².